The fourth-order valence-corrected chi connectivity index (χ4v) is 1.74. The number of hydrogen-bond donors (Lipinski definition) is 1. The van der Waals surface area contributed by atoms with Gasteiger partial charge in [-0.2, -0.15) is 0 Å². The number of benzene rings is 1. The highest BCUT2D eigenvalue weighted by Gasteiger charge is 2.13. The van der Waals surface area contributed by atoms with Crippen molar-refractivity contribution in [2.24, 2.45) is 0 Å². The molecular formula is C16H24O5. The van der Waals surface area contributed by atoms with Crippen LogP contribution in [0.3, 0.4) is 0 Å². The molecule has 0 spiro atoms. The fraction of sp³-hybridized carbons (Fsp3) is 0.562. The molecule has 0 radical (unpaired) electrons. The number of unbranched alkanes of at least 4 members (excludes halogenated alkanes) is 1. The Kier molecular flexibility index (Phi) is 8.47. The minimum atomic E-state index is -0.740. The molecule has 1 rings (SSSR count). The summed E-state index contributed by atoms with van der Waals surface area (Å²) < 4.78 is 16.3. The Morgan fingerprint density at radius 1 is 1.24 bits per heavy atom. The summed E-state index contributed by atoms with van der Waals surface area (Å²) in [4.78, 5) is 11.0. The highest BCUT2D eigenvalue weighted by molar-refractivity contribution is 5.81. The van der Waals surface area contributed by atoms with E-state index in [0.717, 1.165) is 12.8 Å². The van der Waals surface area contributed by atoms with Crippen LogP contribution in [-0.4, -0.2) is 43.9 Å². The molecule has 1 aromatic carbocycles. The average molecular weight is 296 g/mol. The standard InChI is InChI=1S/C16H24O5/c1-3-5-9-19-11-14(18)12-21-16-13(10-17)7-6-8-15(16)20-4-2/h6-8,10,14,18H,3-5,9,11-12H2,1-2H3. The van der Waals surface area contributed by atoms with Crippen LogP contribution in [0.2, 0.25) is 0 Å². The van der Waals surface area contributed by atoms with Crippen molar-refractivity contribution in [3.8, 4) is 11.5 Å². The van der Waals surface area contributed by atoms with Gasteiger partial charge in [-0.15, -0.1) is 0 Å². The van der Waals surface area contributed by atoms with E-state index in [9.17, 15) is 9.90 Å². The van der Waals surface area contributed by atoms with Gasteiger partial charge in [-0.3, -0.25) is 4.79 Å². The first-order valence-corrected chi connectivity index (χ1v) is 7.32. The third-order valence-corrected chi connectivity index (χ3v) is 2.81. The van der Waals surface area contributed by atoms with Crippen LogP contribution in [0.1, 0.15) is 37.0 Å². The molecule has 0 aliphatic rings. The van der Waals surface area contributed by atoms with E-state index in [-0.39, 0.29) is 13.2 Å². The van der Waals surface area contributed by atoms with Gasteiger partial charge in [0.1, 0.15) is 12.7 Å². The van der Waals surface area contributed by atoms with E-state index in [1.165, 1.54) is 0 Å². The molecule has 0 saturated carbocycles. The molecule has 1 N–H and O–H groups in total. The van der Waals surface area contributed by atoms with Crippen LogP contribution >= 0.6 is 0 Å². The van der Waals surface area contributed by atoms with Crippen LogP contribution in [-0.2, 0) is 4.74 Å². The summed E-state index contributed by atoms with van der Waals surface area (Å²) in [6.45, 7) is 5.30. The summed E-state index contributed by atoms with van der Waals surface area (Å²) in [5.41, 5.74) is 0.403. The quantitative estimate of drug-likeness (QED) is 0.502. The van der Waals surface area contributed by atoms with Gasteiger partial charge < -0.3 is 19.3 Å². The van der Waals surface area contributed by atoms with Crippen LogP contribution in [0.25, 0.3) is 0 Å². The molecule has 5 heteroatoms. The van der Waals surface area contributed by atoms with Crippen molar-refractivity contribution < 1.29 is 24.1 Å². The number of para-hydroxylation sites is 1. The third-order valence-electron chi connectivity index (χ3n) is 2.81. The van der Waals surface area contributed by atoms with E-state index in [1.54, 1.807) is 18.2 Å². The average Bonchev–Trinajstić information content (AvgIpc) is 2.50. The number of aliphatic hydroxyl groups is 1. The minimum absolute atomic E-state index is 0.0526. The van der Waals surface area contributed by atoms with Crippen LogP contribution in [0, 0.1) is 0 Å². The van der Waals surface area contributed by atoms with E-state index in [0.29, 0.717) is 36.6 Å². The molecule has 1 aromatic rings. The maximum Gasteiger partial charge on any atom is 0.171 e. The number of ether oxygens (including phenoxy) is 3. The Balaban J connectivity index is 2.54. The van der Waals surface area contributed by atoms with Gasteiger partial charge in [-0.1, -0.05) is 19.4 Å². The Morgan fingerprint density at radius 2 is 2.05 bits per heavy atom. The summed E-state index contributed by atoms with van der Waals surface area (Å²) >= 11 is 0. The summed E-state index contributed by atoms with van der Waals surface area (Å²) in [7, 11) is 0. The molecule has 0 bridgehead atoms. The molecule has 0 aliphatic carbocycles. The zero-order chi connectivity index (χ0) is 15.5. The van der Waals surface area contributed by atoms with Gasteiger partial charge in [0.2, 0.25) is 0 Å². The molecule has 0 aliphatic heterocycles. The molecule has 0 saturated heterocycles. The van der Waals surface area contributed by atoms with E-state index in [4.69, 9.17) is 14.2 Å². The van der Waals surface area contributed by atoms with Crippen molar-refractivity contribution in [3.63, 3.8) is 0 Å². The van der Waals surface area contributed by atoms with E-state index in [2.05, 4.69) is 6.92 Å². The van der Waals surface area contributed by atoms with Gasteiger partial charge in [0.15, 0.2) is 17.8 Å². The van der Waals surface area contributed by atoms with Crippen molar-refractivity contribution in [1.82, 2.24) is 0 Å². The first kappa shape index (κ1) is 17.5. The lowest BCUT2D eigenvalue weighted by molar-refractivity contribution is 0.0106. The van der Waals surface area contributed by atoms with Crippen molar-refractivity contribution >= 4 is 6.29 Å². The van der Waals surface area contributed by atoms with Gasteiger partial charge in [-0.25, -0.2) is 0 Å². The maximum absolute atomic E-state index is 11.0. The SMILES string of the molecule is CCCCOCC(O)COc1c(C=O)cccc1OCC. The van der Waals surface area contributed by atoms with E-state index in [1.807, 2.05) is 6.92 Å². The normalized spacial score (nSPS) is 12.0. The monoisotopic (exact) mass is 296 g/mol. The molecule has 0 aromatic heterocycles. The zero-order valence-electron chi connectivity index (χ0n) is 12.7. The maximum atomic E-state index is 11.0. The predicted octanol–water partition coefficient (Wildman–Crippen LogP) is 2.45. The van der Waals surface area contributed by atoms with Gasteiger partial charge in [0.05, 0.1) is 18.8 Å². The number of carbonyl (C=O) groups excluding carboxylic acids is 1. The molecule has 21 heavy (non-hydrogen) atoms. The van der Waals surface area contributed by atoms with Crippen molar-refractivity contribution in [3.05, 3.63) is 23.8 Å². The number of aldehydes is 1. The lowest BCUT2D eigenvalue weighted by atomic mass is 10.2. The molecule has 5 nitrogen and oxygen atoms in total. The number of hydrogen-bond acceptors (Lipinski definition) is 5. The first-order valence-electron chi connectivity index (χ1n) is 7.32. The Hall–Kier alpha value is -1.59. The number of aliphatic hydroxyl groups excluding tert-OH is 1. The fourth-order valence-electron chi connectivity index (χ4n) is 1.74. The van der Waals surface area contributed by atoms with E-state index < -0.39 is 6.10 Å². The summed E-state index contributed by atoms with van der Waals surface area (Å²) in [5.74, 6) is 0.864. The van der Waals surface area contributed by atoms with Crippen LogP contribution in [0.4, 0.5) is 0 Å². The Labute approximate surface area is 125 Å². The van der Waals surface area contributed by atoms with Crippen molar-refractivity contribution in [2.45, 2.75) is 32.8 Å². The zero-order valence-corrected chi connectivity index (χ0v) is 12.7. The van der Waals surface area contributed by atoms with Gasteiger partial charge >= 0.3 is 0 Å². The Morgan fingerprint density at radius 3 is 2.71 bits per heavy atom. The minimum Gasteiger partial charge on any atom is -0.490 e. The number of carbonyl (C=O) groups is 1. The summed E-state index contributed by atoms with van der Waals surface area (Å²) in [5, 5.41) is 9.82. The number of rotatable bonds is 11. The molecule has 0 fully saturated rings. The van der Waals surface area contributed by atoms with Gasteiger partial charge in [0.25, 0.3) is 0 Å². The topological polar surface area (TPSA) is 65.0 Å². The second-order valence-electron chi connectivity index (χ2n) is 4.62. The Bertz CT molecular complexity index is 419. The van der Waals surface area contributed by atoms with Crippen LogP contribution in [0.15, 0.2) is 18.2 Å². The first-order chi connectivity index (χ1) is 10.2. The third kappa shape index (κ3) is 6.14. The highest BCUT2D eigenvalue weighted by Crippen LogP contribution is 2.30. The predicted molar refractivity (Wildman–Crippen MR) is 80.2 cm³/mol. The largest absolute Gasteiger partial charge is 0.490 e. The van der Waals surface area contributed by atoms with Crippen LogP contribution in [0.5, 0.6) is 11.5 Å². The summed E-state index contributed by atoms with van der Waals surface area (Å²) in [6, 6.07) is 5.11. The molecular weight excluding hydrogens is 272 g/mol. The lowest BCUT2D eigenvalue weighted by Crippen LogP contribution is -2.24. The molecule has 118 valence electrons. The molecule has 0 amide bonds. The second-order valence-corrected chi connectivity index (χ2v) is 4.62. The molecule has 0 heterocycles. The molecule has 1 atom stereocenters. The summed E-state index contributed by atoms with van der Waals surface area (Å²) in [6.07, 6.45) is 1.99. The van der Waals surface area contributed by atoms with E-state index >= 15 is 0 Å². The van der Waals surface area contributed by atoms with Gasteiger partial charge in [0, 0.05) is 6.61 Å². The van der Waals surface area contributed by atoms with Crippen LogP contribution < -0.4 is 9.47 Å². The molecule has 1 unspecified atom stereocenters. The van der Waals surface area contributed by atoms with Crippen molar-refractivity contribution in [1.29, 1.82) is 0 Å². The highest BCUT2D eigenvalue weighted by atomic mass is 16.5. The van der Waals surface area contributed by atoms with Gasteiger partial charge in [-0.05, 0) is 25.5 Å². The smallest absolute Gasteiger partial charge is 0.171 e. The van der Waals surface area contributed by atoms with Crippen molar-refractivity contribution in [2.75, 3.05) is 26.4 Å². The lowest BCUT2D eigenvalue weighted by Gasteiger charge is -2.16. The second kappa shape index (κ2) is 10.2.